The predicted molar refractivity (Wildman–Crippen MR) is 55.5 cm³/mol. The van der Waals surface area contributed by atoms with E-state index >= 15 is 0 Å². The van der Waals surface area contributed by atoms with Crippen LogP contribution in [0.4, 0.5) is 4.39 Å². The smallest absolute Gasteiger partial charge is 0.145 e. The van der Waals surface area contributed by atoms with Gasteiger partial charge >= 0.3 is 0 Å². The Labute approximate surface area is 87.7 Å². The molecule has 1 aromatic carbocycles. The third-order valence-corrected chi connectivity index (χ3v) is 2.36. The van der Waals surface area contributed by atoms with Crippen LogP contribution in [0.5, 0.6) is 5.75 Å². The van der Waals surface area contributed by atoms with Crippen LogP contribution in [-0.4, -0.2) is 18.7 Å². The number of rotatable bonds is 3. The summed E-state index contributed by atoms with van der Waals surface area (Å²) in [5.74, 6) is -0.0318. The van der Waals surface area contributed by atoms with E-state index in [1.54, 1.807) is 7.05 Å². The molecule has 0 fully saturated rings. The van der Waals surface area contributed by atoms with Gasteiger partial charge in [-0.2, -0.15) is 0 Å². The van der Waals surface area contributed by atoms with Crippen molar-refractivity contribution in [3.63, 3.8) is 0 Å². The molecule has 0 amide bonds. The van der Waals surface area contributed by atoms with Crippen molar-refractivity contribution in [2.75, 3.05) is 13.6 Å². The standard InChI is InChI=1S/C10H13ClFNO/c1-10(12,6-13-2)7-3-4-9(14)8(11)5-7/h3-5,13-14H,6H2,1-2H3. The maximum atomic E-state index is 13.9. The lowest BCUT2D eigenvalue weighted by atomic mass is 9.98. The summed E-state index contributed by atoms with van der Waals surface area (Å²) >= 11 is 5.68. The van der Waals surface area contributed by atoms with E-state index in [0.717, 1.165) is 0 Å². The maximum Gasteiger partial charge on any atom is 0.145 e. The molecule has 1 rings (SSSR count). The topological polar surface area (TPSA) is 32.3 Å². The summed E-state index contributed by atoms with van der Waals surface area (Å²) in [5.41, 5.74) is -1.03. The van der Waals surface area contributed by atoms with Crippen LogP contribution in [0.2, 0.25) is 5.02 Å². The van der Waals surface area contributed by atoms with Gasteiger partial charge in [0.1, 0.15) is 11.4 Å². The molecule has 0 heterocycles. The number of nitrogens with one attached hydrogen (secondary N) is 1. The summed E-state index contributed by atoms with van der Waals surface area (Å²) in [6, 6.07) is 4.36. The molecule has 0 spiro atoms. The highest BCUT2D eigenvalue weighted by Crippen LogP contribution is 2.31. The number of likely N-dealkylation sites (N-methyl/N-ethyl adjacent to an activating group) is 1. The van der Waals surface area contributed by atoms with Gasteiger partial charge in [-0.25, -0.2) is 4.39 Å². The van der Waals surface area contributed by atoms with E-state index in [9.17, 15) is 4.39 Å². The minimum atomic E-state index is -1.48. The summed E-state index contributed by atoms with van der Waals surface area (Å²) in [5, 5.41) is 12.1. The Bertz CT molecular complexity index is 328. The zero-order valence-electron chi connectivity index (χ0n) is 8.14. The quantitative estimate of drug-likeness (QED) is 0.815. The molecule has 2 N–H and O–H groups in total. The van der Waals surface area contributed by atoms with Crippen LogP contribution >= 0.6 is 11.6 Å². The number of phenolic OH excluding ortho intramolecular Hbond substituents is 1. The molecule has 1 atom stereocenters. The first-order valence-corrected chi connectivity index (χ1v) is 4.67. The van der Waals surface area contributed by atoms with Gasteiger partial charge in [0, 0.05) is 6.54 Å². The third kappa shape index (κ3) is 2.36. The Hall–Kier alpha value is -0.800. The lowest BCUT2D eigenvalue weighted by Crippen LogP contribution is -2.29. The molecule has 2 nitrogen and oxygen atoms in total. The van der Waals surface area contributed by atoms with Crippen LogP contribution in [0.3, 0.4) is 0 Å². The second-order valence-corrected chi connectivity index (χ2v) is 3.80. The van der Waals surface area contributed by atoms with Crippen molar-refractivity contribution in [2.24, 2.45) is 0 Å². The second kappa shape index (κ2) is 4.15. The molecule has 0 aliphatic heterocycles. The molecule has 0 aromatic heterocycles. The molecule has 0 saturated carbocycles. The Balaban J connectivity index is 3.01. The van der Waals surface area contributed by atoms with Gasteiger partial charge in [0.25, 0.3) is 0 Å². The molecular formula is C10H13ClFNO. The van der Waals surface area contributed by atoms with Gasteiger partial charge in [-0.1, -0.05) is 17.7 Å². The summed E-state index contributed by atoms with van der Waals surface area (Å²) in [6.07, 6.45) is 0. The third-order valence-electron chi connectivity index (χ3n) is 2.06. The van der Waals surface area contributed by atoms with Gasteiger partial charge in [-0.15, -0.1) is 0 Å². The zero-order chi connectivity index (χ0) is 10.8. The van der Waals surface area contributed by atoms with E-state index in [0.29, 0.717) is 5.56 Å². The van der Waals surface area contributed by atoms with Gasteiger partial charge in [0.15, 0.2) is 0 Å². The fraction of sp³-hybridized carbons (Fsp3) is 0.400. The van der Waals surface area contributed by atoms with E-state index < -0.39 is 5.67 Å². The molecule has 0 radical (unpaired) electrons. The van der Waals surface area contributed by atoms with Crippen molar-refractivity contribution in [3.05, 3.63) is 28.8 Å². The van der Waals surface area contributed by atoms with Crippen molar-refractivity contribution in [2.45, 2.75) is 12.6 Å². The van der Waals surface area contributed by atoms with Gasteiger partial charge < -0.3 is 10.4 Å². The monoisotopic (exact) mass is 217 g/mol. The highest BCUT2D eigenvalue weighted by atomic mass is 35.5. The number of phenols is 1. The number of alkyl halides is 1. The molecule has 0 aliphatic carbocycles. The molecule has 0 bridgehead atoms. The average molecular weight is 218 g/mol. The number of aromatic hydroxyl groups is 1. The Morgan fingerprint density at radius 2 is 2.21 bits per heavy atom. The number of hydrogen-bond acceptors (Lipinski definition) is 2. The van der Waals surface area contributed by atoms with Crippen molar-refractivity contribution in [1.82, 2.24) is 5.32 Å². The lowest BCUT2D eigenvalue weighted by Gasteiger charge is -2.20. The molecular weight excluding hydrogens is 205 g/mol. The largest absolute Gasteiger partial charge is 0.506 e. The fourth-order valence-corrected chi connectivity index (χ4v) is 1.45. The van der Waals surface area contributed by atoms with Crippen LogP contribution in [0.1, 0.15) is 12.5 Å². The zero-order valence-corrected chi connectivity index (χ0v) is 8.90. The van der Waals surface area contributed by atoms with E-state index in [4.69, 9.17) is 16.7 Å². The van der Waals surface area contributed by atoms with Gasteiger partial charge in [-0.05, 0) is 31.7 Å². The van der Waals surface area contributed by atoms with Crippen LogP contribution < -0.4 is 5.32 Å². The molecule has 0 aliphatic rings. The van der Waals surface area contributed by atoms with Crippen molar-refractivity contribution in [3.8, 4) is 5.75 Å². The molecule has 14 heavy (non-hydrogen) atoms. The predicted octanol–water partition coefficient (Wildman–Crippen LogP) is 2.45. The van der Waals surface area contributed by atoms with Gasteiger partial charge in [-0.3, -0.25) is 0 Å². The Morgan fingerprint density at radius 3 is 2.71 bits per heavy atom. The number of benzene rings is 1. The van der Waals surface area contributed by atoms with Crippen LogP contribution in [-0.2, 0) is 5.67 Å². The molecule has 1 unspecified atom stereocenters. The summed E-state index contributed by atoms with van der Waals surface area (Å²) in [6.45, 7) is 1.67. The normalized spacial score (nSPS) is 15.1. The number of halogens is 2. The second-order valence-electron chi connectivity index (χ2n) is 3.39. The SMILES string of the molecule is CNCC(C)(F)c1ccc(O)c(Cl)c1. The summed E-state index contributed by atoms with van der Waals surface area (Å²) < 4.78 is 13.9. The molecule has 4 heteroatoms. The van der Waals surface area contributed by atoms with Crippen LogP contribution in [0.15, 0.2) is 18.2 Å². The van der Waals surface area contributed by atoms with Gasteiger partial charge in [0.05, 0.1) is 5.02 Å². The fourth-order valence-electron chi connectivity index (χ4n) is 1.27. The first-order chi connectivity index (χ1) is 6.47. The van der Waals surface area contributed by atoms with Crippen molar-refractivity contribution < 1.29 is 9.50 Å². The van der Waals surface area contributed by atoms with E-state index in [2.05, 4.69) is 5.32 Å². The highest BCUT2D eigenvalue weighted by molar-refractivity contribution is 6.32. The first kappa shape index (κ1) is 11.3. The van der Waals surface area contributed by atoms with Gasteiger partial charge in [0.2, 0.25) is 0 Å². The van der Waals surface area contributed by atoms with Crippen LogP contribution in [0.25, 0.3) is 0 Å². The Kier molecular flexibility index (Phi) is 3.34. The highest BCUT2D eigenvalue weighted by Gasteiger charge is 2.25. The molecule has 0 saturated heterocycles. The molecule has 1 aromatic rings. The van der Waals surface area contributed by atoms with Crippen molar-refractivity contribution >= 4 is 11.6 Å². The summed E-state index contributed by atoms with van der Waals surface area (Å²) in [4.78, 5) is 0. The lowest BCUT2D eigenvalue weighted by molar-refractivity contribution is 0.190. The minimum absolute atomic E-state index is 0.0318. The van der Waals surface area contributed by atoms with E-state index in [-0.39, 0.29) is 17.3 Å². The van der Waals surface area contributed by atoms with Crippen LogP contribution in [0, 0.1) is 0 Å². The average Bonchev–Trinajstić information content (AvgIpc) is 2.09. The number of hydrogen-bond donors (Lipinski definition) is 2. The minimum Gasteiger partial charge on any atom is -0.506 e. The summed E-state index contributed by atoms with van der Waals surface area (Å²) in [7, 11) is 1.68. The first-order valence-electron chi connectivity index (χ1n) is 4.30. The Morgan fingerprint density at radius 1 is 1.57 bits per heavy atom. The van der Waals surface area contributed by atoms with Crippen molar-refractivity contribution in [1.29, 1.82) is 0 Å². The van der Waals surface area contributed by atoms with E-state index in [1.165, 1.54) is 25.1 Å². The van der Waals surface area contributed by atoms with E-state index in [1.807, 2.05) is 0 Å². The maximum absolute atomic E-state index is 13.9. The molecule has 78 valence electrons.